The monoisotopic (exact) mass is 283 g/mol. The molecule has 94 valence electrons. The maximum absolute atomic E-state index is 11.9. The first-order valence-electron chi connectivity index (χ1n) is 4.59. The molecule has 7 heteroatoms. The largest absolute Gasteiger partial charge is 0.433 e. The minimum Gasteiger partial charge on any atom is -0.433 e. The van der Waals surface area contributed by atoms with Crippen molar-refractivity contribution in [1.82, 2.24) is 0 Å². The van der Waals surface area contributed by atoms with Crippen molar-refractivity contribution < 1.29 is 18.3 Å². The second-order valence-corrected chi connectivity index (χ2v) is 4.19. The molecule has 17 heavy (non-hydrogen) atoms. The van der Waals surface area contributed by atoms with Crippen molar-refractivity contribution in [3.63, 3.8) is 0 Å². The molecule has 0 aliphatic carbocycles. The highest BCUT2D eigenvalue weighted by atomic mass is 35.5. The molecule has 0 saturated carbocycles. The molecule has 0 bridgehead atoms. The first kappa shape index (κ1) is 14.0. The zero-order chi connectivity index (χ0) is 13.0. The number of nitrogens with one attached hydrogen (secondary N) is 1. The summed E-state index contributed by atoms with van der Waals surface area (Å²) >= 11 is 11.2. The van der Waals surface area contributed by atoms with Crippen LogP contribution in [0.4, 0.5) is 14.5 Å². The average molecular weight is 284 g/mol. The quantitative estimate of drug-likeness (QED) is 0.859. The number of hydrogen-bond acceptors (Lipinski definition) is 2. The lowest BCUT2D eigenvalue weighted by atomic mass is 10.3. The van der Waals surface area contributed by atoms with Crippen LogP contribution in [0, 0.1) is 0 Å². The predicted octanol–water partition coefficient (Wildman–Crippen LogP) is 3.51. The van der Waals surface area contributed by atoms with E-state index in [4.69, 9.17) is 23.2 Å². The van der Waals surface area contributed by atoms with Gasteiger partial charge in [-0.2, -0.15) is 8.78 Å². The molecule has 0 saturated heterocycles. The van der Waals surface area contributed by atoms with Crippen molar-refractivity contribution in [1.29, 1.82) is 0 Å². The molecule has 0 heterocycles. The Labute approximate surface area is 107 Å². The molecule has 0 radical (unpaired) electrons. The highest BCUT2D eigenvalue weighted by molar-refractivity contribution is 6.33. The van der Waals surface area contributed by atoms with Crippen LogP contribution >= 0.6 is 23.2 Å². The summed E-state index contributed by atoms with van der Waals surface area (Å²) in [6.07, 6.45) is 0. The van der Waals surface area contributed by atoms with Gasteiger partial charge in [0.1, 0.15) is 11.1 Å². The van der Waals surface area contributed by atoms with E-state index in [9.17, 15) is 13.6 Å². The molecule has 1 amide bonds. The zero-order valence-electron chi connectivity index (χ0n) is 8.72. The molecule has 0 unspecified atom stereocenters. The first-order chi connectivity index (χ1) is 7.90. The van der Waals surface area contributed by atoms with Crippen LogP contribution in [0.3, 0.4) is 0 Å². The predicted molar refractivity (Wildman–Crippen MR) is 62.0 cm³/mol. The lowest BCUT2D eigenvalue weighted by Gasteiger charge is -2.10. The zero-order valence-corrected chi connectivity index (χ0v) is 10.2. The number of anilines is 1. The Morgan fingerprint density at radius 3 is 2.59 bits per heavy atom. The molecule has 0 spiro atoms. The number of amides is 1. The van der Waals surface area contributed by atoms with Gasteiger partial charge in [0.05, 0.1) is 5.02 Å². The van der Waals surface area contributed by atoms with Crippen molar-refractivity contribution >= 4 is 34.8 Å². The number of rotatable bonds is 4. The summed E-state index contributed by atoms with van der Waals surface area (Å²) in [5.41, 5.74) is 0.356. The van der Waals surface area contributed by atoms with Gasteiger partial charge >= 0.3 is 6.61 Å². The van der Waals surface area contributed by atoms with E-state index in [2.05, 4.69) is 10.1 Å². The van der Waals surface area contributed by atoms with E-state index < -0.39 is 17.9 Å². The summed E-state index contributed by atoms with van der Waals surface area (Å²) in [4.78, 5) is 11.2. The van der Waals surface area contributed by atoms with Crippen molar-refractivity contribution in [2.24, 2.45) is 0 Å². The maximum atomic E-state index is 11.9. The minimum atomic E-state index is -2.95. The number of benzene rings is 1. The van der Waals surface area contributed by atoms with Gasteiger partial charge in [0.2, 0.25) is 5.91 Å². The van der Waals surface area contributed by atoms with E-state index in [1.165, 1.54) is 25.1 Å². The molecule has 1 N–H and O–H groups in total. The Hall–Kier alpha value is -1.07. The number of carbonyl (C=O) groups is 1. The fourth-order valence-electron chi connectivity index (χ4n) is 1.01. The molecule has 3 nitrogen and oxygen atoms in total. The van der Waals surface area contributed by atoms with Crippen LogP contribution in [0.5, 0.6) is 5.75 Å². The number of hydrogen-bond donors (Lipinski definition) is 1. The standard InChI is InChI=1S/C10H9Cl2F2NO2/c1-5(11)9(16)15-6-2-3-8(7(12)4-6)17-10(13)14/h2-5,10H,1H3,(H,15,16)/t5-/m1/s1. The van der Waals surface area contributed by atoms with E-state index in [-0.39, 0.29) is 10.8 Å². The van der Waals surface area contributed by atoms with Crippen LogP contribution in [0.2, 0.25) is 5.02 Å². The summed E-state index contributed by atoms with van der Waals surface area (Å²) in [7, 11) is 0. The fourth-order valence-corrected chi connectivity index (χ4v) is 1.29. The third-order valence-electron chi connectivity index (χ3n) is 1.78. The number of alkyl halides is 3. The fraction of sp³-hybridized carbons (Fsp3) is 0.300. The molecular weight excluding hydrogens is 275 g/mol. The second-order valence-electron chi connectivity index (χ2n) is 3.13. The summed E-state index contributed by atoms with van der Waals surface area (Å²) in [5.74, 6) is -0.566. The van der Waals surface area contributed by atoms with Gasteiger partial charge in [-0.3, -0.25) is 4.79 Å². The third-order valence-corrected chi connectivity index (χ3v) is 2.27. The lowest BCUT2D eigenvalue weighted by Crippen LogP contribution is -2.20. The average Bonchev–Trinajstić information content (AvgIpc) is 2.21. The van der Waals surface area contributed by atoms with Crippen molar-refractivity contribution in [2.75, 3.05) is 5.32 Å². The van der Waals surface area contributed by atoms with Gasteiger partial charge in [0, 0.05) is 5.69 Å². The number of halogens is 4. The summed E-state index contributed by atoms with van der Waals surface area (Å²) in [5, 5.41) is 1.74. The van der Waals surface area contributed by atoms with Crippen LogP contribution in [-0.2, 0) is 4.79 Å². The Morgan fingerprint density at radius 1 is 1.47 bits per heavy atom. The molecule has 0 aliphatic rings. The molecule has 0 aromatic heterocycles. The Kier molecular flexibility index (Phi) is 4.96. The van der Waals surface area contributed by atoms with Crippen molar-refractivity contribution in [2.45, 2.75) is 18.9 Å². The van der Waals surface area contributed by atoms with Gasteiger partial charge in [0.25, 0.3) is 0 Å². The topological polar surface area (TPSA) is 38.3 Å². The first-order valence-corrected chi connectivity index (χ1v) is 5.41. The van der Waals surface area contributed by atoms with E-state index in [1.54, 1.807) is 0 Å². The van der Waals surface area contributed by atoms with Gasteiger partial charge in [0.15, 0.2) is 0 Å². The van der Waals surface area contributed by atoms with Gasteiger partial charge < -0.3 is 10.1 Å². The Balaban J connectivity index is 2.78. The third kappa shape index (κ3) is 4.36. The lowest BCUT2D eigenvalue weighted by molar-refractivity contribution is -0.115. The Bertz CT molecular complexity index is 413. The molecular formula is C10H9Cl2F2NO2. The highest BCUT2D eigenvalue weighted by Gasteiger charge is 2.12. The number of ether oxygens (including phenoxy) is 1. The molecule has 1 rings (SSSR count). The van der Waals surface area contributed by atoms with E-state index in [0.29, 0.717) is 5.69 Å². The summed E-state index contributed by atoms with van der Waals surface area (Å²) < 4.78 is 28.0. The molecule has 0 fully saturated rings. The molecule has 1 aromatic rings. The highest BCUT2D eigenvalue weighted by Crippen LogP contribution is 2.29. The van der Waals surface area contributed by atoms with Gasteiger partial charge in [-0.1, -0.05) is 11.6 Å². The minimum absolute atomic E-state index is 0.0228. The van der Waals surface area contributed by atoms with Gasteiger partial charge in [-0.05, 0) is 25.1 Å². The summed E-state index contributed by atoms with van der Waals surface area (Å²) in [6.45, 7) is -1.44. The van der Waals surface area contributed by atoms with Crippen LogP contribution in [0.1, 0.15) is 6.92 Å². The van der Waals surface area contributed by atoms with Crippen LogP contribution in [-0.4, -0.2) is 17.9 Å². The smallest absolute Gasteiger partial charge is 0.387 e. The van der Waals surface area contributed by atoms with E-state index >= 15 is 0 Å². The molecule has 1 atom stereocenters. The van der Waals surface area contributed by atoms with Gasteiger partial charge in [-0.25, -0.2) is 0 Å². The SMILES string of the molecule is C[C@@H](Cl)C(=O)Nc1ccc(OC(F)F)c(Cl)c1. The molecule has 0 aliphatic heterocycles. The van der Waals surface area contributed by atoms with Crippen molar-refractivity contribution in [3.05, 3.63) is 23.2 Å². The van der Waals surface area contributed by atoms with E-state index in [0.717, 1.165) is 0 Å². The van der Waals surface area contributed by atoms with Crippen LogP contribution < -0.4 is 10.1 Å². The second kappa shape index (κ2) is 6.02. The van der Waals surface area contributed by atoms with E-state index in [1.807, 2.05) is 0 Å². The number of carbonyl (C=O) groups excluding carboxylic acids is 1. The van der Waals surface area contributed by atoms with Crippen LogP contribution in [0.15, 0.2) is 18.2 Å². The molecule has 1 aromatic carbocycles. The van der Waals surface area contributed by atoms with Gasteiger partial charge in [-0.15, -0.1) is 11.6 Å². The van der Waals surface area contributed by atoms with Crippen molar-refractivity contribution in [3.8, 4) is 5.75 Å². The Morgan fingerprint density at radius 2 is 2.12 bits per heavy atom. The summed E-state index contributed by atoms with van der Waals surface area (Å²) in [6, 6.07) is 3.93. The maximum Gasteiger partial charge on any atom is 0.387 e. The normalized spacial score (nSPS) is 12.4. The van der Waals surface area contributed by atoms with Crippen LogP contribution in [0.25, 0.3) is 0 Å².